The maximum absolute atomic E-state index is 4.70. The van der Waals surface area contributed by atoms with Gasteiger partial charge in [-0.3, -0.25) is 0 Å². The molecule has 4 heteroatoms. The molecule has 0 saturated carbocycles. The molecule has 0 saturated heterocycles. The first-order valence-electron chi connectivity index (χ1n) is 6.56. The summed E-state index contributed by atoms with van der Waals surface area (Å²) in [7, 11) is 0. The quantitative estimate of drug-likeness (QED) is 0.798. The molecule has 0 aliphatic carbocycles. The summed E-state index contributed by atoms with van der Waals surface area (Å²) < 4.78 is 0. The van der Waals surface area contributed by atoms with Crippen LogP contribution in [0.25, 0.3) is 0 Å². The summed E-state index contributed by atoms with van der Waals surface area (Å²) in [6.45, 7) is 7.39. The van der Waals surface area contributed by atoms with Gasteiger partial charge in [0.1, 0.15) is 5.01 Å². The minimum Gasteiger partial charge on any atom is -0.309 e. The van der Waals surface area contributed by atoms with Crippen LogP contribution < -0.4 is 5.32 Å². The van der Waals surface area contributed by atoms with E-state index < -0.39 is 0 Å². The molecule has 2 nitrogen and oxygen atoms in total. The molecular formula is C15H20N2S2. The van der Waals surface area contributed by atoms with Crippen LogP contribution in [-0.4, -0.2) is 11.5 Å². The smallest absolute Gasteiger partial charge is 0.103 e. The Labute approximate surface area is 123 Å². The van der Waals surface area contributed by atoms with Gasteiger partial charge in [-0.25, -0.2) is 4.98 Å². The Balaban J connectivity index is 1.93. The predicted molar refractivity (Wildman–Crippen MR) is 84.9 cm³/mol. The molecule has 102 valence electrons. The number of aryl methyl sites for hydroxylation is 1. The predicted octanol–water partition coefficient (Wildman–Crippen LogP) is 4.41. The van der Waals surface area contributed by atoms with Crippen molar-refractivity contribution in [2.45, 2.75) is 37.5 Å². The number of nitrogens with one attached hydrogen (secondary N) is 1. The van der Waals surface area contributed by atoms with Gasteiger partial charge in [0.15, 0.2) is 0 Å². The normalized spacial score (nSPS) is 12.6. The van der Waals surface area contributed by atoms with Crippen LogP contribution in [0.3, 0.4) is 0 Å². The molecule has 0 spiro atoms. The van der Waals surface area contributed by atoms with E-state index in [1.807, 2.05) is 11.8 Å². The highest BCUT2D eigenvalue weighted by Gasteiger charge is 2.09. The molecule has 0 radical (unpaired) electrons. The van der Waals surface area contributed by atoms with Crippen molar-refractivity contribution in [3.8, 4) is 0 Å². The number of thioether (sulfide) groups is 1. The minimum absolute atomic E-state index is 0.346. The van der Waals surface area contributed by atoms with E-state index in [0.717, 1.165) is 18.0 Å². The zero-order chi connectivity index (χ0) is 13.7. The first-order chi connectivity index (χ1) is 9.19. The summed E-state index contributed by atoms with van der Waals surface area (Å²) >= 11 is 3.61. The second-order valence-corrected chi connectivity index (χ2v) is 6.54. The Bertz CT molecular complexity index is 522. The highest BCUT2D eigenvalue weighted by atomic mass is 32.2. The number of benzene rings is 1. The largest absolute Gasteiger partial charge is 0.309 e. The average Bonchev–Trinajstić information content (AvgIpc) is 2.86. The van der Waals surface area contributed by atoms with Crippen molar-refractivity contribution in [1.82, 2.24) is 10.3 Å². The van der Waals surface area contributed by atoms with Crippen LogP contribution >= 0.6 is 23.1 Å². The third-order valence-electron chi connectivity index (χ3n) is 2.88. The minimum atomic E-state index is 0.346. The Morgan fingerprint density at radius 3 is 3.00 bits per heavy atom. The molecular weight excluding hydrogens is 272 g/mol. The van der Waals surface area contributed by atoms with Crippen molar-refractivity contribution in [2.75, 3.05) is 6.54 Å². The lowest BCUT2D eigenvalue weighted by molar-refractivity contribution is 0.585. The highest BCUT2D eigenvalue weighted by molar-refractivity contribution is 7.98. The van der Waals surface area contributed by atoms with Crippen molar-refractivity contribution in [2.24, 2.45) is 0 Å². The highest BCUT2D eigenvalue weighted by Crippen LogP contribution is 2.26. The third kappa shape index (κ3) is 4.34. The summed E-state index contributed by atoms with van der Waals surface area (Å²) in [5.74, 6) is 0.951. The molecule has 2 aromatic rings. The standard InChI is InChI=1S/C15H20N2S2/c1-4-16-12(3)14-9-19-15(17-14)10-18-13-7-5-6-11(2)8-13/h5-9,12,16H,4,10H2,1-3H3. The molecule has 2 rings (SSSR count). The van der Waals surface area contributed by atoms with Crippen molar-refractivity contribution in [1.29, 1.82) is 0 Å². The average molecular weight is 292 g/mol. The summed E-state index contributed by atoms with van der Waals surface area (Å²) in [6, 6.07) is 8.97. The van der Waals surface area contributed by atoms with E-state index in [0.29, 0.717) is 6.04 Å². The fourth-order valence-corrected chi connectivity index (χ4v) is 3.77. The fourth-order valence-electron chi connectivity index (χ4n) is 1.85. The summed E-state index contributed by atoms with van der Waals surface area (Å²) in [6.07, 6.45) is 0. The molecule has 0 aliphatic heterocycles. The number of aromatic nitrogens is 1. The first-order valence-corrected chi connectivity index (χ1v) is 8.42. The second kappa shape index (κ2) is 7.08. The maximum atomic E-state index is 4.70. The van der Waals surface area contributed by atoms with Gasteiger partial charge in [0.05, 0.1) is 11.4 Å². The number of hydrogen-bond donors (Lipinski definition) is 1. The van der Waals surface area contributed by atoms with Gasteiger partial charge in [0.25, 0.3) is 0 Å². The maximum Gasteiger partial charge on any atom is 0.103 e. The Morgan fingerprint density at radius 1 is 1.42 bits per heavy atom. The van der Waals surface area contributed by atoms with Crippen LogP contribution in [0.5, 0.6) is 0 Å². The van der Waals surface area contributed by atoms with Crippen molar-refractivity contribution < 1.29 is 0 Å². The van der Waals surface area contributed by atoms with Gasteiger partial charge < -0.3 is 5.32 Å². The van der Waals surface area contributed by atoms with Crippen LogP contribution in [0.15, 0.2) is 34.5 Å². The molecule has 0 bridgehead atoms. The Hall–Kier alpha value is -0.840. The van der Waals surface area contributed by atoms with Crippen LogP contribution in [0.1, 0.15) is 36.2 Å². The zero-order valence-corrected chi connectivity index (χ0v) is 13.3. The fraction of sp³-hybridized carbons (Fsp3) is 0.400. The van der Waals surface area contributed by atoms with Gasteiger partial charge in [-0.1, -0.05) is 24.6 Å². The van der Waals surface area contributed by atoms with Gasteiger partial charge in [0, 0.05) is 16.3 Å². The van der Waals surface area contributed by atoms with Crippen molar-refractivity contribution in [3.63, 3.8) is 0 Å². The lowest BCUT2D eigenvalue weighted by Gasteiger charge is -2.08. The lowest BCUT2D eigenvalue weighted by atomic mass is 10.2. The number of thiazole rings is 1. The monoisotopic (exact) mass is 292 g/mol. The first kappa shape index (κ1) is 14.6. The van der Waals surface area contributed by atoms with Crippen LogP contribution in [0.2, 0.25) is 0 Å². The molecule has 0 amide bonds. The van der Waals surface area contributed by atoms with Crippen molar-refractivity contribution in [3.05, 3.63) is 45.9 Å². The van der Waals surface area contributed by atoms with E-state index in [2.05, 4.69) is 55.7 Å². The molecule has 1 N–H and O–H groups in total. The molecule has 1 heterocycles. The summed E-state index contributed by atoms with van der Waals surface area (Å²) in [4.78, 5) is 6.02. The van der Waals surface area contributed by atoms with E-state index in [1.54, 1.807) is 11.3 Å². The van der Waals surface area contributed by atoms with E-state index in [4.69, 9.17) is 4.98 Å². The molecule has 1 unspecified atom stereocenters. The van der Waals surface area contributed by atoms with Gasteiger partial charge in [-0.05, 0) is 32.5 Å². The van der Waals surface area contributed by atoms with E-state index in [1.165, 1.54) is 15.5 Å². The second-order valence-electron chi connectivity index (χ2n) is 4.55. The SMILES string of the molecule is CCNC(C)c1csc(CSc2cccc(C)c2)n1. The third-order valence-corrected chi connectivity index (χ3v) is 4.93. The zero-order valence-electron chi connectivity index (χ0n) is 11.6. The number of rotatable bonds is 6. The molecule has 1 atom stereocenters. The van der Waals surface area contributed by atoms with Crippen molar-refractivity contribution >= 4 is 23.1 Å². The van der Waals surface area contributed by atoms with Gasteiger partial charge in [-0.2, -0.15) is 0 Å². The van der Waals surface area contributed by atoms with Crippen LogP contribution in [-0.2, 0) is 5.75 Å². The number of hydrogen-bond acceptors (Lipinski definition) is 4. The lowest BCUT2D eigenvalue weighted by Crippen LogP contribution is -2.17. The Morgan fingerprint density at radius 2 is 2.26 bits per heavy atom. The van der Waals surface area contributed by atoms with E-state index in [-0.39, 0.29) is 0 Å². The van der Waals surface area contributed by atoms with E-state index in [9.17, 15) is 0 Å². The molecule has 0 aliphatic rings. The molecule has 0 fully saturated rings. The topological polar surface area (TPSA) is 24.9 Å². The molecule has 1 aromatic carbocycles. The number of nitrogens with zero attached hydrogens (tertiary/aromatic N) is 1. The van der Waals surface area contributed by atoms with Gasteiger partial charge in [-0.15, -0.1) is 23.1 Å². The van der Waals surface area contributed by atoms with Crippen LogP contribution in [0.4, 0.5) is 0 Å². The van der Waals surface area contributed by atoms with E-state index >= 15 is 0 Å². The van der Waals surface area contributed by atoms with Gasteiger partial charge in [0.2, 0.25) is 0 Å². The van der Waals surface area contributed by atoms with Crippen LogP contribution in [0, 0.1) is 6.92 Å². The Kier molecular flexibility index (Phi) is 5.43. The van der Waals surface area contributed by atoms with Gasteiger partial charge >= 0.3 is 0 Å². The molecule has 19 heavy (non-hydrogen) atoms. The summed E-state index contributed by atoms with van der Waals surface area (Å²) in [5.41, 5.74) is 2.47. The summed E-state index contributed by atoms with van der Waals surface area (Å²) in [5, 5.41) is 6.76. The molecule has 1 aromatic heterocycles.